The molecule has 4 bridgehead atoms. The Kier molecular flexibility index (Phi) is 1.49. The molecule has 0 radical (unpaired) electrons. The van der Waals surface area contributed by atoms with Crippen molar-refractivity contribution in [1.29, 1.82) is 0 Å². The highest BCUT2D eigenvalue weighted by atomic mass is 35.5. The van der Waals surface area contributed by atoms with Gasteiger partial charge >= 0.3 is 0 Å². The minimum absolute atomic E-state index is 0.204. The van der Waals surface area contributed by atoms with Crippen molar-refractivity contribution < 1.29 is 8.22 Å². The lowest BCUT2D eigenvalue weighted by atomic mass is 9.75. The largest absolute Gasteiger partial charge is 0.166 e. The highest BCUT2D eigenvalue weighted by Crippen LogP contribution is 2.81. The van der Waals surface area contributed by atoms with E-state index in [1.807, 2.05) is 0 Å². The Balaban J connectivity index is 2.16. The van der Waals surface area contributed by atoms with Crippen molar-refractivity contribution in [3.63, 3.8) is 0 Å². The van der Waals surface area contributed by atoms with E-state index in [0.29, 0.717) is 0 Å². The van der Waals surface area contributed by atoms with Crippen molar-refractivity contribution in [2.75, 3.05) is 0 Å². The normalized spacial score (nSPS) is 75.7. The molecule has 0 aromatic carbocycles. The van der Waals surface area contributed by atoms with Crippen LogP contribution in [0.3, 0.4) is 0 Å². The molecule has 6 heteroatoms. The lowest BCUT2D eigenvalue weighted by molar-refractivity contribution is 0.305. The number of alkyl halides is 4. The van der Waals surface area contributed by atoms with Gasteiger partial charge in [0.05, 0.1) is 12.8 Å². The Morgan fingerprint density at radius 1 is 1.06 bits per heavy atom. The second kappa shape index (κ2) is 3.34. The first-order valence-electron chi connectivity index (χ1n) is 8.12. The Morgan fingerprint density at radius 3 is 1.83 bits per heavy atom. The van der Waals surface area contributed by atoms with Crippen LogP contribution in [0.4, 0.5) is 0 Å². The maximum Gasteiger partial charge on any atom is 0.166 e. The molecule has 98 valence electrons. The second-order valence-corrected chi connectivity index (χ2v) is 8.06. The quantitative estimate of drug-likeness (QED) is 0.309. The zero-order valence-electron chi connectivity index (χ0n) is 14.4. The van der Waals surface area contributed by atoms with E-state index >= 15 is 0 Å². The maximum atomic E-state index is 8.72. The molecule has 0 nitrogen and oxygen atoms in total. The number of rotatable bonds is 0. The van der Waals surface area contributed by atoms with Gasteiger partial charge in [-0.05, 0) is 30.0 Å². The fraction of sp³-hybridized carbons (Fsp3) is 0.667. The lowest BCUT2D eigenvalue weighted by Crippen LogP contribution is -2.46. The molecule has 0 aliphatic heterocycles. The molecule has 4 aliphatic carbocycles. The van der Waals surface area contributed by atoms with Crippen LogP contribution in [0.2, 0.25) is 0 Å². The van der Waals surface area contributed by atoms with E-state index in [0.717, 1.165) is 0 Å². The van der Waals surface area contributed by atoms with Gasteiger partial charge in [0, 0.05) is 5.48 Å². The van der Waals surface area contributed by atoms with Gasteiger partial charge in [-0.3, -0.25) is 0 Å². The molecule has 0 heterocycles. The van der Waals surface area contributed by atoms with E-state index in [4.69, 9.17) is 77.8 Å². The van der Waals surface area contributed by atoms with Gasteiger partial charge in [-0.1, -0.05) is 58.5 Å². The monoisotopic (exact) mass is 368 g/mol. The van der Waals surface area contributed by atoms with E-state index in [-0.39, 0.29) is 10.1 Å². The molecule has 3 unspecified atom stereocenters. The van der Waals surface area contributed by atoms with Gasteiger partial charge in [0.1, 0.15) is 9.75 Å². The smallest absolute Gasteiger partial charge is 0.109 e. The van der Waals surface area contributed by atoms with Crippen LogP contribution in [0, 0.1) is 23.6 Å². The summed E-state index contributed by atoms with van der Waals surface area (Å²) in [5, 5.41) is -0.407. The molecule has 0 aromatic heterocycles. The first-order valence-corrected chi connectivity index (χ1v) is 7.39. The number of allylic oxidation sites excluding steroid dienone is 4. The minimum Gasteiger partial charge on any atom is -0.109 e. The summed E-state index contributed by atoms with van der Waals surface area (Å²) in [7, 11) is 0. The second-order valence-electron chi connectivity index (χ2n) is 4.78. The summed E-state index contributed by atoms with van der Waals surface area (Å²) in [5.41, 5.74) is 0. The Hall–Kier alpha value is 1.22. The van der Waals surface area contributed by atoms with Crippen LogP contribution >= 0.6 is 69.6 Å². The highest BCUT2D eigenvalue weighted by Gasteiger charge is 2.85. The van der Waals surface area contributed by atoms with Crippen molar-refractivity contribution in [2.45, 2.75) is 20.5 Å². The Bertz CT molecular complexity index is 660. The van der Waals surface area contributed by atoms with Crippen molar-refractivity contribution in [3.8, 4) is 0 Å². The molecule has 0 amide bonds. The Morgan fingerprint density at radius 2 is 1.44 bits per heavy atom. The van der Waals surface area contributed by atoms with E-state index in [1.165, 1.54) is 0 Å². The van der Waals surface area contributed by atoms with Crippen molar-refractivity contribution in [3.05, 3.63) is 22.2 Å². The van der Waals surface area contributed by atoms with Gasteiger partial charge in [0.15, 0.2) is 4.33 Å². The van der Waals surface area contributed by atoms with Gasteiger partial charge in [-0.15, -0.1) is 23.2 Å². The van der Waals surface area contributed by atoms with Gasteiger partial charge in [0.25, 0.3) is 0 Å². The molecule has 0 aromatic rings. The summed E-state index contributed by atoms with van der Waals surface area (Å²) in [6, 6.07) is -1.28. The number of hydrogen-bond acceptors (Lipinski definition) is 0. The van der Waals surface area contributed by atoms with E-state index in [1.54, 1.807) is 0 Å². The Labute approximate surface area is 144 Å². The van der Waals surface area contributed by atoms with Crippen LogP contribution < -0.4 is 0 Å². The third-order valence-corrected chi connectivity index (χ3v) is 8.42. The molecular weight excluding hydrogens is 357 g/mol. The van der Waals surface area contributed by atoms with Gasteiger partial charge < -0.3 is 0 Å². The fourth-order valence-corrected chi connectivity index (χ4v) is 6.33. The topological polar surface area (TPSA) is 0 Å². The van der Waals surface area contributed by atoms with Crippen molar-refractivity contribution >= 4 is 69.6 Å². The standard InChI is InChI=1S/C12H8Cl6/c13-8-9(14)11(16)7-5-2-1-4(3-5)6(7)10(8,15)12(11,17)18/h1-2,4-7H,3H2/t4-,5+,6?,7?,10-,11?/m0/s1/i1D,2D,3D2,4D,5D. The summed E-state index contributed by atoms with van der Waals surface area (Å²) in [4.78, 5) is -3.88. The summed E-state index contributed by atoms with van der Waals surface area (Å²) in [6.45, 7) is 0. The minimum atomic E-state index is -2.62. The van der Waals surface area contributed by atoms with E-state index < -0.39 is 56.2 Å². The first-order chi connectivity index (χ1) is 10.6. The summed E-state index contributed by atoms with van der Waals surface area (Å²) in [5.74, 6) is -7.27. The molecule has 18 heavy (non-hydrogen) atoms. The van der Waals surface area contributed by atoms with Gasteiger partial charge in [-0.25, -0.2) is 0 Å². The number of halogens is 6. The lowest BCUT2D eigenvalue weighted by Gasteiger charge is -2.37. The molecule has 0 N–H and O–H groups in total. The van der Waals surface area contributed by atoms with Gasteiger partial charge in [0.2, 0.25) is 0 Å². The third-order valence-electron chi connectivity index (χ3n) is 4.16. The number of hydrogen-bond donors (Lipinski definition) is 0. The van der Waals surface area contributed by atoms with Crippen LogP contribution in [-0.2, 0) is 0 Å². The van der Waals surface area contributed by atoms with Crippen LogP contribution in [0.25, 0.3) is 0 Å². The average molecular weight is 371 g/mol. The van der Waals surface area contributed by atoms with E-state index in [2.05, 4.69) is 0 Å². The van der Waals surface area contributed by atoms with Crippen molar-refractivity contribution in [1.82, 2.24) is 0 Å². The average Bonchev–Trinajstić information content (AvgIpc) is 2.82. The molecule has 4 aliphatic rings. The van der Waals surface area contributed by atoms with Crippen LogP contribution in [0.1, 0.15) is 14.6 Å². The summed E-state index contributed by atoms with van der Waals surface area (Å²) >= 11 is 38.6. The summed E-state index contributed by atoms with van der Waals surface area (Å²) in [6.07, 6.45) is -2.62. The predicted molar refractivity (Wildman–Crippen MR) is 78.1 cm³/mol. The van der Waals surface area contributed by atoms with Crippen molar-refractivity contribution in [2.24, 2.45) is 23.6 Å². The third kappa shape index (κ3) is 0.973. The first kappa shape index (κ1) is 8.01. The zero-order chi connectivity index (χ0) is 18.5. The molecule has 2 fully saturated rings. The molecule has 2 saturated carbocycles. The fourth-order valence-electron chi connectivity index (χ4n) is 3.37. The maximum absolute atomic E-state index is 8.72. The SMILES string of the molecule is [2H]C1=C([2H])[C@]2([2H])C3C(C4(Cl)C(Cl)=C(Cl)[C@]3(Cl)C4(Cl)Cl)[C@@]1([2H])C2([2H])[2H]. The van der Waals surface area contributed by atoms with Gasteiger partial charge in [-0.2, -0.15) is 0 Å². The van der Waals surface area contributed by atoms with E-state index in [9.17, 15) is 0 Å². The highest BCUT2D eigenvalue weighted by molar-refractivity contribution is 6.65. The van der Waals surface area contributed by atoms with Crippen LogP contribution in [0.5, 0.6) is 0 Å². The molecule has 0 spiro atoms. The molecule has 4 rings (SSSR count). The zero-order valence-corrected chi connectivity index (χ0v) is 13.0. The number of fused-ring (bicyclic) bond motifs is 9. The molecular formula is C12H8Cl6. The van der Waals surface area contributed by atoms with Crippen LogP contribution in [-0.4, -0.2) is 14.1 Å². The summed E-state index contributed by atoms with van der Waals surface area (Å²) < 4.78 is 48.3. The molecule has 6 atom stereocenters. The van der Waals surface area contributed by atoms with Crippen LogP contribution in [0.15, 0.2) is 22.2 Å². The predicted octanol–water partition coefficient (Wildman–Crippen LogP) is 5.27. The molecule has 0 saturated heterocycles.